The van der Waals surface area contributed by atoms with Crippen molar-refractivity contribution in [3.05, 3.63) is 23.8 Å². The monoisotopic (exact) mass is 162 g/mol. The molecule has 0 atom stereocenters. The number of aromatic nitrogens is 2. The van der Waals surface area contributed by atoms with Crippen LogP contribution in [0.3, 0.4) is 0 Å². The number of rotatable bonds is 0. The maximum Gasteiger partial charge on any atom is 0.115 e. The Kier molecular flexibility index (Phi) is 1.20. The molecule has 64 valence electrons. The fourth-order valence-corrected chi connectivity index (χ4v) is 1.86. The van der Waals surface area contributed by atoms with Crippen molar-refractivity contribution in [3.8, 4) is 0 Å². The van der Waals surface area contributed by atoms with E-state index in [0.717, 1.165) is 0 Å². The van der Waals surface area contributed by atoms with Crippen molar-refractivity contribution in [2.75, 3.05) is 0 Å². The zero-order valence-electron chi connectivity index (χ0n) is 8.05. The fraction of sp³-hybridized carbons (Fsp3) is 0.600. The van der Waals surface area contributed by atoms with Crippen LogP contribution in [0.15, 0.2) is 12.5 Å². The predicted octanol–water partition coefficient (Wildman–Crippen LogP) is 2.05. The molecule has 0 N–H and O–H groups in total. The van der Waals surface area contributed by atoms with Gasteiger partial charge in [0.15, 0.2) is 0 Å². The standard InChI is InChI=1S/C10H14N2/c1-9(2)7-5-11-6-12-8(7)10(9,3)4/h5-6H,1-4H3. The van der Waals surface area contributed by atoms with Crippen LogP contribution < -0.4 is 0 Å². The van der Waals surface area contributed by atoms with E-state index < -0.39 is 0 Å². The summed E-state index contributed by atoms with van der Waals surface area (Å²) in [6.45, 7) is 8.97. The highest BCUT2D eigenvalue weighted by Gasteiger charge is 2.52. The van der Waals surface area contributed by atoms with E-state index >= 15 is 0 Å². The van der Waals surface area contributed by atoms with Crippen LogP contribution in [0, 0.1) is 0 Å². The highest BCUT2D eigenvalue weighted by Crippen LogP contribution is 2.53. The van der Waals surface area contributed by atoms with Crippen LogP contribution >= 0.6 is 0 Å². The molecule has 2 nitrogen and oxygen atoms in total. The van der Waals surface area contributed by atoms with Crippen molar-refractivity contribution in [1.29, 1.82) is 0 Å². The number of fused-ring (bicyclic) bond motifs is 1. The first-order valence-electron chi connectivity index (χ1n) is 4.29. The largest absolute Gasteiger partial charge is 0.244 e. The second-order valence-electron chi connectivity index (χ2n) is 4.54. The molecule has 1 aliphatic carbocycles. The first kappa shape index (κ1) is 7.71. The Morgan fingerprint density at radius 2 is 1.75 bits per heavy atom. The normalized spacial score (nSPS) is 22.7. The Labute approximate surface area is 73.1 Å². The van der Waals surface area contributed by atoms with E-state index in [0.29, 0.717) is 0 Å². The number of hydrogen-bond donors (Lipinski definition) is 0. The van der Waals surface area contributed by atoms with Crippen molar-refractivity contribution in [2.45, 2.75) is 38.5 Å². The van der Waals surface area contributed by atoms with Crippen LogP contribution in [0.1, 0.15) is 39.0 Å². The molecule has 12 heavy (non-hydrogen) atoms. The van der Waals surface area contributed by atoms with Gasteiger partial charge in [-0.25, -0.2) is 9.97 Å². The van der Waals surface area contributed by atoms with Gasteiger partial charge < -0.3 is 0 Å². The lowest BCUT2D eigenvalue weighted by molar-refractivity contribution is 0.230. The van der Waals surface area contributed by atoms with Gasteiger partial charge in [-0.15, -0.1) is 0 Å². The van der Waals surface area contributed by atoms with E-state index in [4.69, 9.17) is 0 Å². The van der Waals surface area contributed by atoms with Gasteiger partial charge >= 0.3 is 0 Å². The SMILES string of the molecule is CC1(C)c2cncnc2C1(C)C. The maximum absolute atomic E-state index is 4.30. The molecular weight excluding hydrogens is 148 g/mol. The Hall–Kier alpha value is -0.920. The second-order valence-corrected chi connectivity index (χ2v) is 4.54. The average Bonchev–Trinajstić information content (AvgIpc) is 2.04. The topological polar surface area (TPSA) is 25.8 Å². The summed E-state index contributed by atoms with van der Waals surface area (Å²) in [4.78, 5) is 8.35. The minimum atomic E-state index is 0.200. The van der Waals surface area contributed by atoms with Crippen LogP contribution in [0.4, 0.5) is 0 Å². The number of hydrogen-bond acceptors (Lipinski definition) is 2. The van der Waals surface area contributed by atoms with Crippen LogP contribution in [-0.4, -0.2) is 9.97 Å². The molecule has 0 fully saturated rings. The van der Waals surface area contributed by atoms with Crippen LogP contribution in [-0.2, 0) is 10.8 Å². The Bertz CT molecular complexity index is 293. The van der Waals surface area contributed by atoms with Gasteiger partial charge in [-0.1, -0.05) is 27.7 Å². The molecule has 2 heteroatoms. The van der Waals surface area contributed by atoms with E-state index in [2.05, 4.69) is 37.7 Å². The van der Waals surface area contributed by atoms with Gasteiger partial charge in [0.05, 0.1) is 5.69 Å². The molecule has 0 amide bonds. The molecule has 0 unspecified atom stereocenters. The molecule has 0 aliphatic heterocycles. The third-order valence-corrected chi connectivity index (χ3v) is 3.54. The summed E-state index contributed by atoms with van der Waals surface area (Å²) in [5.41, 5.74) is 2.94. The lowest BCUT2D eigenvalue weighted by atomic mass is 9.52. The van der Waals surface area contributed by atoms with E-state index in [1.807, 2.05) is 6.20 Å². The molecule has 0 spiro atoms. The number of nitrogens with zero attached hydrogens (tertiary/aromatic N) is 2. The molecule has 0 aromatic carbocycles. The van der Waals surface area contributed by atoms with E-state index in [1.54, 1.807) is 6.33 Å². The van der Waals surface area contributed by atoms with Gasteiger partial charge in [0, 0.05) is 17.0 Å². The van der Waals surface area contributed by atoms with Crippen molar-refractivity contribution in [3.63, 3.8) is 0 Å². The Morgan fingerprint density at radius 3 is 2.33 bits per heavy atom. The molecule has 0 radical (unpaired) electrons. The smallest absolute Gasteiger partial charge is 0.115 e. The van der Waals surface area contributed by atoms with E-state index in [9.17, 15) is 0 Å². The molecule has 0 saturated carbocycles. The maximum atomic E-state index is 4.30. The third-order valence-electron chi connectivity index (χ3n) is 3.54. The van der Waals surface area contributed by atoms with Crippen molar-refractivity contribution in [2.24, 2.45) is 0 Å². The molecule has 1 heterocycles. The first-order chi connectivity index (χ1) is 5.48. The lowest BCUT2D eigenvalue weighted by Gasteiger charge is -2.52. The summed E-state index contributed by atoms with van der Waals surface area (Å²) in [7, 11) is 0. The zero-order chi connectivity index (χ0) is 8.98. The lowest BCUT2D eigenvalue weighted by Crippen LogP contribution is -2.51. The highest BCUT2D eigenvalue weighted by molar-refractivity contribution is 5.46. The van der Waals surface area contributed by atoms with Crippen molar-refractivity contribution in [1.82, 2.24) is 9.97 Å². The van der Waals surface area contributed by atoms with Crippen LogP contribution in [0.2, 0.25) is 0 Å². The van der Waals surface area contributed by atoms with Gasteiger partial charge in [0.25, 0.3) is 0 Å². The summed E-state index contributed by atoms with van der Waals surface area (Å²) in [5.74, 6) is 0. The second kappa shape index (κ2) is 1.87. The molecule has 1 aliphatic rings. The Balaban J connectivity index is 2.64. The molecule has 0 bridgehead atoms. The van der Waals surface area contributed by atoms with Crippen molar-refractivity contribution < 1.29 is 0 Å². The first-order valence-corrected chi connectivity index (χ1v) is 4.29. The van der Waals surface area contributed by atoms with Gasteiger partial charge in [-0.2, -0.15) is 0 Å². The van der Waals surface area contributed by atoms with Crippen LogP contribution in [0.5, 0.6) is 0 Å². The van der Waals surface area contributed by atoms with Gasteiger partial charge in [-0.05, 0) is 5.56 Å². The summed E-state index contributed by atoms with van der Waals surface area (Å²) >= 11 is 0. The van der Waals surface area contributed by atoms with Gasteiger partial charge in [-0.3, -0.25) is 0 Å². The fourth-order valence-electron chi connectivity index (χ4n) is 1.86. The zero-order valence-corrected chi connectivity index (χ0v) is 8.05. The molecule has 1 aromatic heterocycles. The summed E-state index contributed by atoms with van der Waals surface area (Å²) in [6, 6.07) is 0. The molecule has 0 saturated heterocycles. The molecular formula is C10H14N2. The third kappa shape index (κ3) is 0.614. The summed E-state index contributed by atoms with van der Waals surface area (Å²) in [5, 5.41) is 0. The quantitative estimate of drug-likeness (QED) is 0.583. The summed E-state index contributed by atoms with van der Waals surface area (Å²) in [6.07, 6.45) is 3.57. The molecule has 1 aromatic rings. The van der Waals surface area contributed by atoms with E-state index in [-0.39, 0.29) is 10.8 Å². The minimum absolute atomic E-state index is 0.200. The Morgan fingerprint density at radius 1 is 1.08 bits per heavy atom. The predicted molar refractivity (Wildman–Crippen MR) is 48.1 cm³/mol. The average molecular weight is 162 g/mol. The van der Waals surface area contributed by atoms with Gasteiger partial charge in [0.1, 0.15) is 6.33 Å². The summed E-state index contributed by atoms with van der Waals surface area (Å²) < 4.78 is 0. The highest BCUT2D eigenvalue weighted by atomic mass is 14.9. The van der Waals surface area contributed by atoms with E-state index in [1.165, 1.54) is 11.3 Å². The van der Waals surface area contributed by atoms with Crippen LogP contribution in [0.25, 0.3) is 0 Å². The van der Waals surface area contributed by atoms with Crippen molar-refractivity contribution >= 4 is 0 Å². The molecule has 2 rings (SSSR count). The minimum Gasteiger partial charge on any atom is -0.244 e. The van der Waals surface area contributed by atoms with Gasteiger partial charge in [0.2, 0.25) is 0 Å².